The first kappa shape index (κ1) is 20.8. The first-order chi connectivity index (χ1) is 13.2. The van der Waals surface area contributed by atoms with E-state index in [1.807, 2.05) is 0 Å². The second-order valence-electron chi connectivity index (χ2n) is 10.0. The predicted molar refractivity (Wildman–Crippen MR) is 114 cm³/mol. The molecule has 1 heterocycles. The Morgan fingerprint density at radius 2 is 1.39 bits per heavy atom. The lowest BCUT2D eigenvalue weighted by molar-refractivity contribution is -0.141. The SMILES string of the molecule is CC(C)C[C@@H]1[C@H](N2C(=O)C=CC2=O)c2ccccc2C1(CC(C)C)CC(C)C. The van der Waals surface area contributed by atoms with Crippen LogP contribution < -0.4 is 0 Å². The van der Waals surface area contributed by atoms with Crippen molar-refractivity contribution in [3.8, 4) is 0 Å². The van der Waals surface area contributed by atoms with E-state index < -0.39 is 0 Å². The topological polar surface area (TPSA) is 37.4 Å². The van der Waals surface area contributed by atoms with Crippen molar-refractivity contribution in [3.05, 3.63) is 47.5 Å². The quantitative estimate of drug-likeness (QED) is 0.572. The highest BCUT2D eigenvalue weighted by Crippen LogP contribution is 2.59. The molecule has 2 aliphatic rings. The summed E-state index contributed by atoms with van der Waals surface area (Å²) in [6.07, 6.45) is 6.04. The standard InChI is InChI=1S/C25H35NO2/c1-16(2)13-21-24(26-22(27)11-12-23(26)28)19-9-7-8-10-20(19)25(21,14-17(3)4)15-18(5)6/h7-12,16-18,21,24H,13-15H2,1-6H3/t21-,24-/m1/s1. The van der Waals surface area contributed by atoms with Crippen molar-refractivity contribution >= 4 is 11.8 Å². The van der Waals surface area contributed by atoms with Crippen LogP contribution in [0, 0.1) is 23.7 Å². The number of amides is 2. The molecule has 0 N–H and O–H groups in total. The third-order valence-corrected chi connectivity index (χ3v) is 6.30. The van der Waals surface area contributed by atoms with Crippen LogP contribution in [0.4, 0.5) is 0 Å². The van der Waals surface area contributed by atoms with Gasteiger partial charge >= 0.3 is 0 Å². The normalized spacial score (nSPS) is 23.5. The van der Waals surface area contributed by atoms with Crippen LogP contribution in [0.1, 0.15) is 78.0 Å². The van der Waals surface area contributed by atoms with E-state index in [1.165, 1.54) is 28.2 Å². The van der Waals surface area contributed by atoms with Crippen molar-refractivity contribution < 1.29 is 9.59 Å². The van der Waals surface area contributed by atoms with Crippen LogP contribution in [0.15, 0.2) is 36.4 Å². The van der Waals surface area contributed by atoms with Crippen molar-refractivity contribution in [3.63, 3.8) is 0 Å². The van der Waals surface area contributed by atoms with E-state index in [0.717, 1.165) is 19.3 Å². The van der Waals surface area contributed by atoms with Gasteiger partial charge in [0.1, 0.15) is 0 Å². The molecule has 3 rings (SSSR count). The minimum Gasteiger partial charge on any atom is -0.269 e. The van der Waals surface area contributed by atoms with Gasteiger partial charge in [-0.15, -0.1) is 0 Å². The number of benzene rings is 1. The van der Waals surface area contributed by atoms with Crippen LogP contribution in [0.5, 0.6) is 0 Å². The van der Waals surface area contributed by atoms with Crippen LogP contribution in [0.2, 0.25) is 0 Å². The second kappa shape index (κ2) is 7.85. The largest absolute Gasteiger partial charge is 0.269 e. The molecule has 0 unspecified atom stereocenters. The summed E-state index contributed by atoms with van der Waals surface area (Å²) in [5.41, 5.74) is 2.54. The Kier molecular flexibility index (Phi) is 5.84. The van der Waals surface area contributed by atoms with E-state index in [1.54, 1.807) is 0 Å². The molecule has 0 spiro atoms. The van der Waals surface area contributed by atoms with Crippen molar-refractivity contribution in [2.24, 2.45) is 23.7 Å². The number of hydrogen-bond donors (Lipinski definition) is 0. The molecule has 2 amide bonds. The molecule has 2 atom stereocenters. The first-order valence-electron chi connectivity index (χ1n) is 10.8. The lowest BCUT2D eigenvalue weighted by Gasteiger charge is -2.43. The molecular formula is C25H35NO2. The summed E-state index contributed by atoms with van der Waals surface area (Å²) >= 11 is 0. The molecule has 1 aromatic carbocycles. The third-order valence-electron chi connectivity index (χ3n) is 6.30. The highest BCUT2D eigenvalue weighted by molar-refractivity contribution is 6.13. The summed E-state index contributed by atoms with van der Waals surface area (Å²) in [4.78, 5) is 26.9. The fourth-order valence-electron chi connectivity index (χ4n) is 5.86. The number of carbonyl (C=O) groups is 2. The maximum Gasteiger partial charge on any atom is 0.254 e. The first-order valence-corrected chi connectivity index (χ1v) is 10.8. The fourth-order valence-corrected chi connectivity index (χ4v) is 5.86. The summed E-state index contributed by atoms with van der Waals surface area (Å²) in [6, 6.07) is 8.42. The Morgan fingerprint density at radius 3 is 1.89 bits per heavy atom. The van der Waals surface area contributed by atoms with Gasteiger partial charge < -0.3 is 0 Å². The van der Waals surface area contributed by atoms with Gasteiger partial charge in [-0.05, 0) is 54.1 Å². The molecule has 0 aromatic heterocycles. The molecule has 3 nitrogen and oxygen atoms in total. The van der Waals surface area contributed by atoms with E-state index in [2.05, 4.69) is 65.8 Å². The summed E-state index contributed by atoms with van der Waals surface area (Å²) in [6.45, 7) is 13.7. The molecule has 0 radical (unpaired) electrons. The van der Waals surface area contributed by atoms with Gasteiger partial charge in [0.2, 0.25) is 0 Å². The summed E-state index contributed by atoms with van der Waals surface area (Å²) < 4.78 is 0. The van der Waals surface area contributed by atoms with Crippen LogP contribution >= 0.6 is 0 Å². The molecular weight excluding hydrogens is 346 g/mol. The highest BCUT2D eigenvalue weighted by atomic mass is 16.2. The van der Waals surface area contributed by atoms with Gasteiger partial charge in [0.25, 0.3) is 11.8 Å². The number of nitrogens with zero attached hydrogens (tertiary/aromatic N) is 1. The molecule has 0 saturated heterocycles. The van der Waals surface area contributed by atoms with E-state index >= 15 is 0 Å². The van der Waals surface area contributed by atoms with Gasteiger partial charge in [0.05, 0.1) is 6.04 Å². The maximum absolute atomic E-state index is 12.7. The van der Waals surface area contributed by atoms with Gasteiger partial charge in [0, 0.05) is 17.6 Å². The Morgan fingerprint density at radius 1 is 0.857 bits per heavy atom. The van der Waals surface area contributed by atoms with Crippen LogP contribution in [-0.4, -0.2) is 16.7 Å². The Balaban J connectivity index is 2.22. The average Bonchev–Trinajstić information content (AvgIpc) is 3.03. The van der Waals surface area contributed by atoms with Crippen molar-refractivity contribution in [1.29, 1.82) is 0 Å². The average molecular weight is 382 g/mol. The third kappa shape index (κ3) is 3.56. The zero-order chi connectivity index (χ0) is 20.6. The van der Waals surface area contributed by atoms with Crippen molar-refractivity contribution in [2.75, 3.05) is 0 Å². The van der Waals surface area contributed by atoms with E-state index in [4.69, 9.17) is 0 Å². The zero-order valence-corrected chi connectivity index (χ0v) is 18.2. The number of fused-ring (bicyclic) bond motifs is 1. The Hall–Kier alpha value is -1.90. The minimum atomic E-state index is -0.163. The zero-order valence-electron chi connectivity index (χ0n) is 18.2. The van der Waals surface area contributed by atoms with E-state index in [9.17, 15) is 9.59 Å². The number of imide groups is 1. The predicted octanol–water partition coefficient (Wildman–Crippen LogP) is 5.66. The van der Waals surface area contributed by atoms with Gasteiger partial charge in [-0.25, -0.2) is 0 Å². The number of rotatable bonds is 7. The van der Waals surface area contributed by atoms with E-state index in [-0.39, 0.29) is 29.2 Å². The van der Waals surface area contributed by atoms with E-state index in [0.29, 0.717) is 17.8 Å². The molecule has 1 aromatic rings. The molecule has 152 valence electrons. The maximum atomic E-state index is 12.7. The summed E-state index contributed by atoms with van der Waals surface area (Å²) in [5.74, 6) is 1.52. The molecule has 1 aliphatic carbocycles. The second-order valence-corrected chi connectivity index (χ2v) is 10.0. The van der Waals surface area contributed by atoms with Crippen LogP contribution in [0.3, 0.4) is 0 Å². The van der Waals surface area contributed by atoms with Crippen LogP contribution in [-0.2, 0) is 15.0 Å². The Bertz CT molecular complexity index is 747. The van der Waals surface area contributed by atoms with Gasteiger partial charge in [0.15, 0.2) is 0 Å². The summed E-state index contributed by atoms with van der Waals surface area (Å²) in [7, 11) is 0. The van der Waals surface area contributed by atoms with Crippen molar-refractivity contribution in [2.45, 2.75) is 72.3 Å². The highest BCUT2D eigenvalue weighted by Gasteiger charge is 2.55. The van der Waals surface area contributed by atoms with Gasteiger partial charge in [-0.1, -0.05) is 65.8 Å². The smallest absolute Gasteiger partial charge is 0.254 e. The fraction of sp³-hybridized carbons (Fsp3) is 0.600. The summed E-state index contributed by atoms with van der Waals surface area (Å²) in [5, 5.41) is 0. The van der Waals surface area contributed by atoms with Gasteiger partial charge in [-0.2, -0.15) is 0 Å². The van der Waals surface area contributed by atoms with Gasteiger partial charge in [-0.3, -0.25) is 14.5 Å². The number of hydrogen-bond acceptors (Lipinski definition) is 2. The molecule has 1 aliphatic heterocycles. The van der Waals surface area contributed by atoms with Crippen molar-refractivity contribution in [1.82, 2.24) is 4.90 Å². The lowest BCUT2D eigenvalue weighted by Crippen LogP contribution is -2.43. The molecule has 0 fully saturated rings. The van der Waals surface area contributed by atoms with Crippen LogP contribution in [0.25, 0.3) is 0 Å². The monoisotopic (exact) mass is 381 g/mol. The Labute approximate surface area is 170 Å². The lowest BCUT2D eigenvalue weighted by atomic mass is 9.63. The molecule has 0 saturated carbocycles. The molecule has 0 bridgehead atoms. The molecule has 3 heteroatoms. The number of carbonyl (C=O) groups excluding carboxylic acids is 2. The minimum absolute atomic E-state index is 0.00296. The molecule has 28 heavy (non-hydrogen) atoms.